The highest BCUT2D eigenvalue weighted by Gasteiger charge is 2.41. The molecule has 1 aliphatic carbocycles. The molecule has 2 heterocycles. The lowest BCUT2D eigenvalue weighted by molar-refractivity contribution is 0.447. The van der Waals surface area contributed by atoms with Crippen molar-refractivity contribution in [2.45, 2.75) is 36.3 Å². The highest BCUT2D eigenvalue weighted by atomic mass is 35.5. The van der Waals surface area contributed by atoms with Crippen LogP contribution in [0.2, 0.25) is 0 Å². The summed E-state index contributed by atoms with van der Waals surface area (Å²) >= 11 is 7.15. The van der Waals surface area contributed by atoms with E-state index in [2.05, 4.69) is 0 Å². The molecule has 0 bridgehead atoms. The van der Waals surface area contributed by atoms with Gasteiger partial charge in [0.25, 0.3) is 10.0 Å². The lowest BCUT2D eigenvalue weighted by Gasteiger charge is -2.15. The van der Waals surface area contributed by atoms with Crippen LogP contribution in [0, 0.1) is 18.8 Å². The minimum absolute atomic E-state index is 0.386. The zero-order chi connectivity index (χ0) is 13.6. The zero-order valence-corrected chi connectivity index (χ0v) is 13.3. The van der Waals surface area contributed by atoms with Crippen LogP contribution in [0.1, 0.15) is 29.7 Å². The number of fused-ring (bicyclic) bond motifs is 1. The number of nitrogens with zero attached hydrogens (tertiary/aromatic N) is 1. The largest absolute Gasteiger partial charge is 0.252 e. The molecule has 0 aromatic carbocycles. The van der Waals surface area contributed by atoms with Crippen LogP contribution in [-0.4, -0.2) is 25.8 Å². The van der Waals surface area contributed by atoms with E-state index in [0.717, 1.165) is 10.4 Å². The van der Waals surface area contributed by atoms with Gasteiger partial charge in [0.05, 0.1) is 5.88 Å². The van der Waals surface area contributed by atoms with E-state index in [1.807, 2.05) is 6.92 Å². The Morgan fingerprint density at radius 3 is 2.53 bits per heavy atom. The van der Waals surface area contributed by atoms with Gasteiger partial charge in [-0.15, -0.1) is 22.9 Å². The predicted octanol–water partition coefficient (Wildman–Crippen LogP) is 3.22. The molecule has 19 heavy (non-hydrogen) atoms. The van der Waals surface area contributed by atoms with Crippen LogP contribution >= 0.6 is 22.9 Å². The molecule has 1 aromatic heterocycles. The number of hydrogen-bond donors (Lipinski definition) is 0. The van der Waals surface area contributed by atoms with Crippen molar-refractivity contribution in [1.29, 1.82) is 0 Å². The molecule has 6 heteroatoms. The Hall–Kier alpha value is -0.100. The van der Waals surface area contributed by atoms with Gasteiger partial charge in [0, 0.05) is 18.0 Å². The second-order valence-corrected chi connectivity index (χ2v) is 9.15. The first kappa shape index (κ1) is 13.9. The summed E-state index contributed by atoms with van der Waals surface area (Å²) < 4.78 is 27.4. The van der Waals surface area contributed by atoms with Crippen molar-refractivity contribution in [2.24, 2.45) is 11.8 Å². The van der Waals surface area contributed by atoms with Crippen LogP contribution < -0.4 is 0 Å². The molecule has 0 N–H and O–H groups in total. The molecule has 2 atom stereocenters. The van der Waals surface area contributed by atoms with E-state index in [1.54, 1.807) is 10.4 Å². The Bertz CT molecular complexity index is 569. The first-order chi connectivity index (χ1) is 9.02. The van der Waals surface area contributed by atoms with Crippen molar-refractivity contribution in [2.75, 3.05) is 13.1 Å². The van der Waals surface area contributed by atoms with E-state index in [9.17, 15) is 8.42 Å². The van der Waals surface area contributed by atoms with Gasteiger partial charge in [-0.2, -0.15) is 4.31 Å². The van der Waals surface area contributed by atoms with Crippen LogP contribution in [0.3, 0.4) is 0 Å². The highest BCUT2D eigenvalue weighted by Crippen LogP contribution is 2.40. The SMILES string of the molecule is Cc1cc(S(=O)(=O)N2CC3CCCC3C2)sc1CCl. The summed E-state index contributed by atoms with van der Waals surface area (Å²) in [7, 11) is -3.30. The topological polar surface area (TPSA) is 37.4 Å². The minimum atomic E-state index is -3.30. The lowest BCUT2D eigenvalue weighted by Crippen LogP contribution is -2.29. The summed E-state index contributed by atoms with van der Waals surface area (Å²) in [6.45, 7) is 3.34. The molecule has 3 nitrogen and oxygen atoms in total. The molecule has 0 amide bonds. The Kier molecular flexibility index (Phi) is 3.67. The van der Waals surface area contributed by atoms with Gasteiger partial charge in [-0.1, -0.05) is 6.42 Å². The van der Waals surface area contributed by atoms with Crippen molar-refractivity contribution in [3.05, 3.63) is 16.5 Å². The van der Waals surface area contributed by atoms with Crippen molar-refractivity contribution in [3.8, 4) is 0 Å². The second kappa shape index (κ2) is 5.02. The van der Waals surface area contributed by atoms with E-state index in [4.69, 9.17) is 11.6 Å². The molecule has 2 fully saturated rings. The Morgan fingerprint density at radius 1 is 1.37 bits per heavy atom. The summed E-state index contributed by atoms with van der Waals surface area (Å²) in [6, 6.07) is 1.77. The van der Waals surface area contributed by atoms with Crippen molar-refractivity contribution < 1.29 is 8.42 Å². The molecule has 3 rings (SSSR count). The normalized spacial score (nSPS) is 27.9. The number of hydrogen-bond acceptors (Lipinski definition) is 3. The van der Waals surface area contributed by atoms with Gasteiger partial charge in [-0.25, -0.2) is 8.42 Å². The monoisotopic (exact) mass is 319 g/mol. The van der Waals surface area contributed by atoms with Crippen LogP contribution in [0.15, 0.2) is 10.3 Å². The number of thiophene rings is 1. The van der Waals surface area contributed by atoms with Gasteiger partial charge in [0.2, 0.25) is 0 Å². The third-order valence-corrected chi connectivity index (χ3v) is 8.35. The molecule has 0 radical (unpaired) electrons. The number of alkyl halides is 1. The Labute approximate surface area is 123 Å². The summed E-state index contributed by atoms with van der Waals surface area (Å²) in [5.41, 5.74) is 0.984. The molecular weight excluding hydrogens is 302 g/mol. The standard InChI is InChI=1S/C13H18ClNO2S2/c1-9-5-13(18-12(9)6-14)19(16,17)15-7-10-3-2-4-11(10)8-15/h5,10-11H,2-4,6-8H2,1H3. The molecule has 1 aliphatic heterocycles. The maximum absolute atomic E-state index is 12.6. The van der Waals surface area contributed by atoms with E-state index >= 15 is 0 Å². The second-order valence-electron chi connectivity index (χ2n) is 5.58. The number of rotatable bonds is 3. The number of aryl methyl sites for hydroxylation is 1. The van der Waals surface area contributed by atoms with Crippen LogP contribution in [0.5, 0.6) is 0 Å². The van der Waals surface area contributed by atoms with Crippen molar-refractivity contribution >= 4 is 33.0 Å². The molecule has 0 spiro atoms. The average Bonchev–Trinajstić information content (AvgIpc) is 3.00. The van der Waals surface area contributed by atoms with E-state index in [1.165, 1.54) is 30.6 Å². The van der Waals surface area contributed by atoms with Crippen LogP contribution in [-0.2, 0) is 15.9 Å². The van der Waals surface area contributed by atoms with Crippen LogP contribution in [0.4, 0.5) is 0 Å². The Balaban J connectivity index is 1.86. The van der Waals surface area contributed by atoms with Gasteiger partial charge < -0.3 is 0 Å². The van der Waals surface area contributed by atoms with E-state index in [0.29, 0.717) is 35.0 Å². The van der Waals surface area contributed by atoms with Gasteiger partial charge in [0.1, 0.15) is 4.21 Å². The van der Waals surface area contributed by atoms with Crippen molar-refractivity contribution in [1.82, 2.24) is 4.31 Å². The third kappa shape index (κ3) is 2.35. The number of sulfonamides is 1. The molecular formula is C13H18ClNO2S2. The first-order valence-electron chi connectivity index (χ1n) is 6.68. The van der Waals surface area contributed by atoms with Gasteiger partial charge in [-0.05, 0) is 43.2 Å². The lowest BCUT2D eigenvalue weighted by atomic mass is 10.0. The maximum atomic E-state index is 12.6. The van der Waals surface area contributed by atoms with Crippen LogP contribution in [0.25, 0.3) is 0 Å². The summed E-state index contributed by atoms with van der Waals surface area (Å²) in [5.74, 6) is 1.56. The fourth-order valence-corrected chi connectivity index (χ4v) is 6.79. The predicted molar refractivity (Wildman–Crippen MR) is 78.2 cm³/mol. The van der Waals surface area contributed by atoms with Gasteiger partial charge in [-0.3, -0.25) is 0 Å². The van der Waals surface area contributed by atoms with E-state index < -0.39 is 10.0 Å². The maximum Gasteiger partial charge on any atom is 0.252 e. The first-order valence-corrected chi connectivity index (χ1v) is 9.47. The smallest absolute Gasteiger partial charge is 0.206 e. The molecule has 1 saturated carbocycles. The van der Waals surface area contributed by atoms with Gasteiger partial charge >= 0.3 is 0 Å². The summed E-state index contributed by atoms with van der Waals surface area (Å²) in [6.07, 6.45) is 3.64. The Morgan fingerprint density at radius 2 is 2.00 bits per heavy atom. The molecule has 2 aliphatic rings. The minimum Gasteiger partial charge on any atom is -0.206 e. The average molecular weight is 320 g/mol. The number of halogens is 1. The quantitative estimate of drug-likeness (QED) is 0.802. The van der Waals surface area contributed by atoms with E-state index in [-0.39, 0.29) is 0 Å². The third-order valence-electron chi connectivity index (χ3n) is 4.41. The summed E-state index contributed by atoms with van der Waals surface area (Å²) in [5, 5.41) is 0. The fourth-order valence-electron chi connectivity index (χ4n) is 3.26. The molecule has 106 valence electrons. The van der Waals surface area contributed by atoms with Crippen molar-refractivity contribution in [3.63, 3.8) is 0 Å². The van der Waals surface area contributed by atoms with Gasteiger partial charge in [0.15, 0.2) is 0 Å². The molecule has 1 saturated heterocycles. The fraction of sp³-hybridized carbons (Fsp3) is 0.692. The molecule has 1 aromatic rings. The highest BCUT2D eigenvalue weighted by molar-refractivity contribution is 7.91. The molecule has 2 unspecified atom stereocenters. The zero-order valence-electron chi connectivity index (χ0n) is 10.9. The summed E-state index contributed by atoms with van der Waals surface area (Å²) in [4.78, 5) is 0.958.